The Morgan fingerprint density at radius 1 is 1.00 bits per heavy atom. The minimum absolute atomic E-state index is 0.456. The summed E-state index contributed by atoms with van der Waals surface area (Å²) >= 11 is 0. The van der Waals surface area contributed by atoms with Gasteiger partial charge in [0.05, 0.1) is 0 Å². The number of rotatable bonds is 6. The number of hydroxylamine groups is 1. The van der Waals surface area contributed by atoms with Gasteiger partial charge < -0.3 is 4.74 Å². The molecule has 1 aromatic rings. The number of carbonyl (C=O) groups is 2. The summed E-state index contributed by atoms with van der Waals surface area (Å²) in [6, 6.07) is -2.15. The topological polar surface area (TPSA) is 113 Å². The van der Waals surface area contributed by atoms with Crippen LogP contribution in [0.1, 0.15) is 41.0 Å². The second-order valence-corrected chi connectivity index (χ2v) is 9.55. The van der Waals surface area contributed by atoms with Gasteiger partial charge in [-0.1, -0.05) is 13.8 Å². The predicted molar refractivity (Wildman–Crippen MR) is 94.7 cm³/mol. The molecule has 2 N–H and O–H groups in total. The van der Waals surface area contributed by atoms with E-state index in [-0.39, 0.29) is 0 Å². The highest BCUT2D eigenvalue weighted by atomic mass is 32.2. The largest absolute Gasteiger partial charge is 0.443 e. The van der Waals surface area contributed by atoms with Gasteiger partial charge in [0, 0.05) is 0 Å². The van der Waals surface area contributed by atoms with Gasteiger partial charge in [-0.3, -0.25) is 10.0 Å². The van der Waals surface area contributed by atoms with E-state index in [2.05, 4.69) is 0 Å². The zero-order valence-corrected chi connectivity index (χ0v) is 17.9. The first-order valence-electron chi connectivity index (χ1n) is 8.70. The van der Waals surface area contributed by atoms with E-state index in [9.17, 15) is 40.0 Å². The van der Waals surface area contributed by atoms with Crippen LogP contribution in [0.5, 0.6) is 0 Å². The molecule has 0 spiro atoms. The van der Waals surface area contributed by atoms with Gasteiger partial charge in [0.1, 0.15) is 11.6 Å². The highest BCUT2D eigenvalue weighted by molar-refractivity contribution is 7.89. The summed E-state index contributed by atoms with van der Waals surface area (Å²) in [5.74, 6) is -15.3. The lowest BCUT2D eigenvalue weighted by molar-refractivity contribution is -0.133. The molecule has 0 saturated carbocycles. The number of hydrogen-bond donors (Lipinski definition) is 2. The van der Waals surface area contributed by atoms with Gasteiger partial charge in [-0.25, -0.2) is 40.6 Å². The van der Waals surface area contributed by atoms with Crippen LogP contribution in [0.4, 0.5) is 26.7 Å². The first-order chi connectivity index (χ1) is 14.0. The molecule has 0 fully saturated rings. The predicted octanol–water partition coefficient (Wildman–Crippen LogP) is 3.23. The van der Waals surface area contributed by atoms with Gasteiger partial charge in [-0.05, 0) is 33.1 Å². The molecule has 1 aromatic carbocycles. The zero-order chi connectivity index (χ0) is 24.5. The molecule has 0 aromatic heterocycles. The maximum Gasteiger partial charge on any atom is 0.425 e. The van der Waals surface area contributed by atoms with Crippen LogP contribution in [-0.4, -0.2) is 41.6 Å². The van der Waals surface area contributed by atoms with Crippen LogP contribution in [0.2, 0.25) is 0 Å². The summed E-state index contributed by atoms with van der Waals surface area (Å²) in [6.45, 7) is 6.80. The number of ether oxygens (including phenoxy) is 1. The van der Waals surface area contributed by atoms with E-state index in [4.69, 9.17) is 9.94 Å². The summed E-state index contributed by atoms with van der Waals surface area (Å²) in [5, 5.41) is 8.96. The molecular formula is C17H21F5N2O6S. The molecule has 2 amide bonds. The average molecular weight is 476 g/mol. The van der Waals surface area contributed by atoms with Gasteiger partial charge >= 0.3 is 6.09 Å². The zero-order valence-electron chi connectivity index (χ0n) is 17.1. The Morgan fingerprint density at radius 2 is 1.42 bits per heavy atom. The number of halogens is 5. The molecule has 1 unspecified atom stereocenters. The molecule has 14 heteroatoms. The minimum atomic E-state index is -5.91. The summed E-state index contributed by atoms with van der Waals surface area (Å²) in [4.78, 5) is 22.4. The first kappa shape index (κ1) is 26.6. The number of benzene rings is 1. The summed E-state index contributed by atoms with van der Waals surface area (Å²) in [5.41, 5.74) is -0.285. The van der Waals surface area contributed by atoms with Crippen molar-refractivity contribution in [1.82, 2.24) is 9.79 Å². The van der Waals surface area contributed by atoms with Gasteiger partial charge in [0.2, 0.25) is 5.82 Å². The Bertz CT molecular complexity index is 949. The molecule has 31 heavy (non-hydrogen) atoms. The molecule has 0 aliphatic heterocycles. The normalized spacial score (nSPS) is 13.2. The molecule has 0 aliphatic rings. The Labute approximate surface area is 175 Å². The van der Waals surface area contributed by atoms with Crippen LogP contribution in [0.15, 0.2) is 4.90 Å². The van der Waals surface area contributed by atoms with Crippen LogP contribution in [-0.2, 0) is 19.6 Å². The number of hydrogen-bond acceptors (Lipinski definition) is 6. The van der Waals surface area contributed by atoms with Crippen LogP contribution < -0.4 is 5.48 Å². The summed E-state index contributed by atoms with van der Waals surface area (Å²) < 4.78 is 99.5. The lowest BCUT2D eigenvalue weighted by atomic mass is 10.0. The highest BCUT2D eigenvalue weighted by Gasteiger charge is 2.46. The number of amides is 2. The maximum atomic E-state index is 14.2. The Morgan fingerprint density at radius 3 is 1.77 bits per heavy atom. The van der Waals surface area contributed by atoms with Crippen molar-refractivity contribution in [2.45, 2.75) is 57.6 Å². The number of nitrogens with one attached hydrogen (secondary N) is 1. The number of carbonyl (C=O) groups excluding carboxylic acids is 2. The van der Waals surface area contributed by atoms with E-state index in [1.54, 1.807) is 0 Å². The fourth-order valence-electron chi connectivity index (χ4n) is 2.44. The van der Waals surface area contributed by atoms with E-state index in [0.717, 1.165) is 5.48 Å². The first-order valence-corrected chi connectivity index (χ1v) is 10.1. The summed E-state index contributed by atoms with van der Waals surface area (Å²) in [6.07, 6.45) is -2.34. The third-order valence-electron chi connectivity index (χ3n) is 3.65. The van der Waals surface area contributed by atoms with Crippen molar-refractivity contribution < 1.29 is 49.9 Å². The molecule has 176 valence electrons. The van der Waals surface area contributed by atoms with Gasteiger partial charge in [0.15, 0.2) is 28.2 Å². The van der Waals surface area contributed by atoms with Gasteiger partial charge in [0.25, 0.3) is 15.9 Å². The molecule has 1 atom stereocenters. The third-order valence-corrected chi connectivity index (χ3v) is 5.45. The van der Waals surface area contributed by atoms with Crippen LogP contribution >= 0.6 is 0 Å². The SMILES string of the molecule is CC(C)CC(C(=O)NO)N(C(=O)OC(C)(C)C)S(=O)(=O)c1c(F)c(F)c(F)c(F)c1F. The molecule has 0 aliphatic carbocycles. The second-order valence-electron chi connectivity index (χ2n) is 7.80. The van der Waals surface area contributed by atoms with Crippen LogP contribution in [0.3, 0.4) is 0 Å². The van der Waals surface area contributed by atoms with Crippen molar-refractivity contribution >= 4 is 22.0 Å². The van der Waals surface area contributed by atoms with E-state index in [1.165, 1.54) is 34.6 Å². The van der Waals surface area contributed by atoms with Crippen molar-refractivity contribution in [1.29, 1.82) is 0 Å². The molecule has 0 saturated heterocycles. The molecule has 1 rings (SSSR count). The van der Waals surface area contributed by atoms with Crippen molar-refractivity contribution in [3.63, 3.8) is 0 Å². The maximum absolute atomic E-state index is 14.2. The van der Waals surface area contributed by atoms with Crippen molar-refractivity contribution in [2.75, 3.05) is 0 Å². The number of sulfonamides is 1. The average Bonchev–Trinajstić information content (AvgIpc) is 2.61. The monoisotopic (exact) mass is 476 g/mol. The van der Waals surface area contributed by atoms with Crippen LogP contribution in [0, 0.1) is 35.0 Å². The van der Waals surface area contributed by atoms with Crippen LogP contribution in [0.25, 0.3) is 0 Å². The Hall–Kier alpha value is -2.48. The van der Waals surface area contributed by atoms with E-state index < -0.39 is 84.3 Å². The highest BCUT2D eigenvalue weighted by Crippen LogP contribution is 2.32. The molecule has 8 nitrogen and oxygen atoms in total. The smallest absolute Gasteiger partial charge is 0.425 e. The Balaban J connectivity index is 3.92. The third kappa shape index (κ3) is 5.61. The second kappa shape index (κ2) is 9.34. The standard InChI is InChI=1S/C17H21F5N2O6S/c1-7(2)6-8(15(25)23-27)24(16(26)30-17(3,4)5)31(28,29)14-12(21)10(19)9(18)11(20)13(14)22/h7-8,27H,6H2,1-5H3,(H,23,25). The van der Waals surface area contributed by atoms with E-state index in [0.29, 0.717) is 0 Å². The Kier molecular flexibility index (Phi) is 8.00. The number of nitrogens with zero attached hydrogens (tertiary/aromatic N) is 1. The van der Waals surface area contributed by atoms with E-state index in [1.807, 2.05) is 0 Å². The fourth-order valence-corrected chi connectivity index (χ4v) is 4.02. The van der Waals surface area contributed by atoms with Gasteiger partial charge in [-0.2, -0.15) is 4.31 Å². The van der Waals surface area contributed by atoms with Gasteiger partial charge in [-0.15, -0.1) is 0 Å². The molecular weight excluding hydrogens is 455 g/mol. The quantitative estimate of drug-likeness (QED) is 0.214. The fraction of sp³-hybridized carbons (Fsp3) is 0.529. The van der Waals surface area contributed by atoms with Crippen molar-refractivity contribution in [2.24, 2.45) is 5.92 Å². The molecule has 0 heterocycles. The lowest BCUT2D eigenvalue weighted by Crippen LogP contribution is -2.53. The molecule has 0 radical (unpaired) electrons. The van der Waals surface area contributed by atoms with E-state index >= 15 is 0 Å². The summed E-state index contributed by atoms with van der Waals surface area (Å²) in [7, 11) is -5.91. The van der Waals surface area contributed by atoms with Crippen molar-refractivity contribution in [3.05, 3.63) is 29.1 Å². The molecule has 0 bridgehead atoms. The van der Waals surface area contributed by atoms with Crippen molar-refractivity contribution in [3.8, 4) is 0 Å². The lowest BCUT2D eigenvalue weighted by Gasteiger charge is -2.32. The minimum Gasteiger partial charge on any atom is -0.443 e.